The number of benzene rings is 1. The summed E-state index contributed by atoms with van der Waals surface area (Å²) in [6.07, 6.45) is -0.107. The number of rotatable bonds is 2. The SMILES string of the molecule is Cl.c1ccc(-c2nc(C3CNCCO3)no2)cc1. The minimum atomic E-state index is -0.107. The Kier molecular flexibility index (Phi) is 4.30. The Morgan fingerprint density at radius 2 is 2.06 bits per heavy atom. The van der Waals surface area contributed by atoms with Gasteiger partial charge in [0.1, 0.15) is 6.10 Å². The summed E-state index contributed by atoms with van der Waals surface area (Å²) < 4.78 is 10.8. The molecule has 1 aliphatic heterocycles. The fourth-order valence-electron chi connectivity index (χ4n) is 1.79. The fourth-order valence-corrected chi connectivity index (χ4v) is 1.79. The number of aromatic nitrogens is 2. The Bertz CT molecular complexity index is 483. The molecule has 1 aliphatic rings. The number of morpholine rings is 1. The molecule has 0 saturated carbocycles. The van der Waals surface area contributed by atoms with Crippen molar-refractivity contribution < 1.29 is 9.26 Å². The summed E-state index contributed by atoms with van der Waals surface area (Å²) in [5.74, 6) is 1.14. The molecule has 5 nitrogen and oxygen atoms in total. The van der Waals surface area contributed by atoms with Crippen LogP contribution in [0.4, 0.5) is 0 Å². The summed E-state index contributed by atoms with van der Waals surface area (Å²) in [6.45, 7) is 2.29. The molecule has 1 atom stereocenters. The van der Waals surface area contributed by atoms with E-state index in [9.17, 15) is 0 Å². The number of hydrogen-bond acceptors (Lipinski definition) is 5. The first kappa shape index (κ1) is 13.0. The Balaban J connectivity index is 0.00000120. The van der Waals surface area contributed by atoms with Crippen LogP contribution in [0.25, 0.3) is 11.5 Å². The van der Waals surface area contributed by atoms with Crippen molar-refractivity contribution in [2.45, 2.75) is 6.10 Å². The van der Waals surface area contributed by atoms with Crippen molar-refractivity contribution in [2.24, 2.45) is 0 Å². The first-order valence-corrected chi connectivity index (χ1v) is 5.65. The predicted octanol–water partition coefficient (Wildman–Crippen LogP) is 1.82. The summed E-state index contributed by atoms with van der Waals surface area (Å²) in [7, 11) is 0. The molecule has 1 saturated heterocycles. The molecule has 2 aromatic rings. The van der Waals surface area contributed by atoms with Crippen molar-refractivity contribution in [1.29, 1.82) is 0 Å². The third-order valence-corrected chi connectivity index (χ3v) is 2.68. The van der Waals surface area contributed by atoms with Gasteiger partial charge >= 0.3 is 0 Å². The smallest absolute Gasteiger partial charge is 0.258 e. The highest BCUT2D eigenvalue weighted by molar-refractivity contribution is 5.85. The average Bonchev–Trinajstić information content (AvgIpc) is 2.90. The Morgan fingerprint density at radius 3 is 2.78 bits per heavy atom. The van der Waals surface area contributed by atoms with E-state index in [0.29, 0.717) is 18.3 Å². The van der Waals surface area contributed by atoms with Gasteiger partial charge < -0.3 is 14.6 Å². The molecule has 3 rings (SSSR count). The molecule has 18 heavy (non-hydrogen) atoms. The van der Waals surface area contributed by atoms with E-state index in [1.54, 1.807) is 0 Å². The van der Waals surface area contributed by atoms with Gasteiger partial charge in [-0.25, -0.2) is 0 Å². The molecular formula is C12H14ClN3O2. The van der Waals surface area contributed by atoms with Gasteiger partial charge in [0.25, 0.3) is 5.89 Å². The topological polar surface area (TPSA) is 60.2 Å². The van der Waals surface area contributed by atoms with Crippen LogP contribution in [0.2, 0.25) is 0 Å². The van der Waals surface area contributed by atoms with Crippen LogP contribution < -0.4 is 5.32 Å². The van der Waals surface area contributed by atoms with Gasteiger partial charge in [-0.05, 0) is 12.1 Å². The van der Waals surface area contributed by atoms with E-state index >= 15 is 0 Å². The zero-order valence-corrected chi connectivity index (χ0v) is 10.5. The standard InChI is InChI=1S/C12H13N3O2.ClH/c1-2-4-9(5-3-1)12-14-11(15-17-12)10-8-13-6-7-16-10;/h1-5,10,13H,6-8H2;1H. The lowest BCUT2D eigenvalue weighted by atomic mass is 10.2. The number of nitrogens with one attached hydrogen (secondary N) is 1. The Morgan fingerprint density at radius 1 is 1.22 bits per heavy atom. The molecule has 2 heterocycles. The minimum Gasteiger partial charge on any atom is -0.367 e. The summed E-state index contributed by atoms with van der Waals surface area (Å²) in [5.41, 5.74) is 0.926. The molecule has 1 unspecified atom stereocenters. The van der Waals surface area contributed by atoms with E-state index in [2.05, 4.69) is 15.5 Å². The summed E-state index contributed by atoms with van der Waals surface area (Å²) in [4.78, 5) is 4.36. The second kappa shape index (κ2) is 5.95. The van der Waals surface area contributed by atoms with Gasteiger partial charge in [-0.3, -0.25) is 0 Å². The highest BCUT2D eigenvalue weighted by atomic mass is 35.5. The fraction of sp³-hybridized carbons (Fsp3) is 0.333. The maximum Gasteiger partial charge on any atom is 0.258 e. The zero-order chi connectivity index (χ0) is 11.5. The molecule has 0 spiro atoms. The van der Waals surface area contributed by atoms with E-state index in [0.717, 1.165) is 18.7 Å². The average molecular weight is 268 g/mol. The monoisotopic (exact) mass is 267 g/mol. The van der Waals surface area contributed by atoms with Crippen molar-refractivity contribution in [2.75, 3.05) is 19.7 Å². The molecule has 0 bridgehead atoms. The van der Waals surface area contributed by atoms with E-state index in [4.69, 9.17) is 9.26 Å². The molecule has 0 aliphatic carbocycles. The van der Waals surface area contributed by atoms with Crippen LogP contribution in [-0.2, 0) is 4.74 Å². The van der Waals surface area contributed by atoms with E-state index < -0.39 is 0 Å². The summed E-state index contributed by atoms with van der Waals surface area (Å²) in [5, 5.41) is 7.20. The molecule has 1 aromatic heterocycles. The van der Waals surface area contributed by atoms with Gasteiger partial charge in [0.15, 0.2) is 0 Å². The highest BCUT2D eigenvalue weighted by Crippen LogP contribution is 2.21. The lowest BCUT2D eigenvalue weighted by Gasteiger charge is -2.20. The first-order valence-electron chi connectivity index (χ1n) is 5.65. The van der Waals surface area contributed by atoms with Crippen molar-refractivity contribution in [3.05, 3.63) is 36.2 Å². The van der Waals surface area contributed by atoms with Crippen molar-refractivity contribution in [1.82, 2.24) is 15.5 Å². The molecule has 1 fully saturated rings. The van der Waals surface area contributed by atoms with Gasteiger partial charge in [0.05, 0.1) is 6.61 Å². The molecular weight excluding hydrogens is 254 g/mol. The van der Waals surface area contributed by atoms with E-state index in [1.165, 1.54) is 0 Å². The first-order chi connectivity index (χ1) is 8.43. The van der Waals surface area contributed by atoms with Crippen molar-refractivity contribution in [3.8, 4) is 11.5 Å². The minimum absolute atomic E-state index is 0. The molecule has 0 radical (unpaired) electrons. The molecule has 6 heteroatoms. The quantitative estimate of drug-likeness (QED) is 0.899. The highest BCUT2D eigenvalue weighted by Gasteiger charge is 2.21. The van der Waals surface area contributed by atoms with Crippen LogP contribution in [0.1, 0.15) is 11.9 Å². The van der Waals surface area contributed by atoms with Crippen LogP contribution in [-0.4, -0.2) is 29.8 Å². The summed E-state index contributed by atoms with van der Waals surface area (Å²) >= 11 is 0. The largest absolute Gasteiger partial charge is 0.367 e. The Hall–Kier alpha value is -1.43. The van der Waals surface area contributed by atoms with Gasteiger partial charge in [0, 0.05) is 18.7 Å². The van der Waals surface area contributed by atoms with Gasteiger partial charge in [-0.1, -0.05) is 23.4 Å². The number of hydrogen-bond donors (Lipinski definition) is 1. The number of halogens is 1. The van der Waals surface area contributed by atoms with Crippen LogP contribution in [0.3, 0.4) is 0 Å². The predicted molar refractivity (Wildman–Crippen MR) is 68.5 cm³/mol. The van der Waals surface area contributed by atoms with Crippen LogP contribution >= 0.6 is 12.4 Å². The second-order valence-electron chi connectivity index (χ2n) is 3.89. The molecule has 1 aromatic carbocycles. The van der Waals surface area contributed by atoms with Gasteiger partial charge in [-0.2, -0.15) is 4.98 Å². The number of nitrogens with zero attached hydrogens (tertiary/aromatic N) is 2. The van der Waals surface area contributed by atoms with Crippen LogP contribution in [0.15, 0.2) is 34.9 Å². The van der Waals surface area contributed by atoms with Crippen LogP contribution in [0, 0.1) is 0 Å². The second-order valence-corrected chi connectivity index (χ2v) is 3.89. The van der Waals surface area contributed by atoms with E-state index in [-0.39, 0.29) is 18.5 Å². The van der Waals surface area contributed by atoms with Crippen molar-refractivity contribution >= 4 is 12.4 Å². The van der Waals surface area contributed by atoms with Gasteiger partial charge in [0.2, 0.25) is 5.82 Å². The maximum atomic E-state index is 5.57. The molecule has 0 amide bonds. The third kappa shape index (κ3) is 2.69. The lowest BCUT2D eigenvalue weighted by molar-refractivity contribution is 0.0208. The normalized spacial score (nSPS) is 19.2. The van der Waals surface area contributed by atoms with E-state index in [1.807, 2.05) is 30.3 Å². The zero-order valence-electron chi connectivity index (χ0n) is 9.70. The third-order valence-electron chi connectivity index (χ3n) is 2.68. The molecule has 96 valence electrons. The van der Waals surface area contributed by atoms with Gasteiger partial charge in [-0.15, -0.1) is 12.4 Å². The van der Waals surface area contributed by atoms with Crippen molar-refractivity contribution in [3.63, 3.8) is 0 Å². The lowest BCUT2D eigenvalue weighted by Crippen LogP contribution is -2.33. The molecule has 1 N–H and O–H groups in total. The number of ether oxygens (including phenoxy) is 1. The summed E-state index contributed by atoms with van der Waals surface area (Å²) in [6, 6.07) is 9.72. The maximum absolute atomic E-state index is 5.57. The Labute approximate surface area is 111 Å². The van der Waals surface area contributed by atoms with Crippen LogP contribution in [0.5, 0.6) is 0 Å².